The molecule has 1 saturated heterocycles. The number of hydrogen-bond acceptors (Lipinski definition) is 5. The van der Waals surface area contributed by atoms with Crippen molar-refractivity contribution in [3.63, 3.8) is 0 Å². The average Bonchev–Trinajstić information content (AvgIpc) is 2.63. The van der Waals surface area contributed by atoms with Gasteiger partial charge in [0.15, 0.2) is 6.29 Å². The van der Waals surface area contributed by atoms with Crippen LogP contribution in [0.5, 0.6) is 0 Å². The van der Waals surface area contributed by atoms with Gasteiger partial charge in [-0.25, -0.2) is 0 Å². The van der Waals surface area contributed by atoms with Crippen LogP contribution in [-0.2, 0) is 9.53 Å². The number of rotatable bonds is 13. The van der Waals surface area contributed by atoms with E-state index in [-0.39, 0.29) is 23.6 Å². The predicted molar refractivity (Wildman–Crippen MR) is 131 cm³/mol. The fourth-order valence-corrected chi connectivity index (χ4v) is 5.28. The number of nitrogens with zero attached hydrogens (tertiary/aromatic N) is 1. The van der Waals surface area contributed by atoms with Gasteiger partial charge in [-0.05, 0) is 76.8 Å². The Bertz CT molecular complexity index is 568. The van der Waals surface area contributed by atoms with E-state index in [4.69, 9.17) is 4.74 Å². The van der Waals surface area contributed by atoms with E-state index in [9.17, 15) is 15.0 Å². The number of ether oxygens (including phenoxy) is 1. The van der Waals surface area contributed by atoms with Gasteiger partial charge < -0.3 is 25.2 Å². The Labute approximate surface area is 197 Å². The van der Waals surface area contributed by atoms with Gasteiger partial charge >= 0.3 is 0 Å². The van der Waals surface area contributed by atoms with E-state index in [1.807, 2.05) is 18.9 Å². The highest BCUT2D eigenvalue weighted by Crippen LogP contribution is 2.36. The van der Waals surface area contributed by atoms with E-state index >= 15 is 0 Å². The molecule has 0 bridgehead atoms. The second kappa shape index (κ2) is 12.7. The van der Waals surface area contributed by atoms with E-state index in [1.165, 1.54) is 0 Å². The van der Waals surface area contributed by atoms with Crippen LogP contribution < -0.4 is 5.32 Å². The second-order valence-corrected chi connectivity index (χ2v) is 11.7. The van der Waals surface area contributed by atoms with E-state index < -0.39 is 12.4 Å². The molecule has 1 aliphatic rings. The van der Waals surface area contributed by atoms with E-state index in [1.54, 1.807) is 0 Å². The molecule has 6 atom stereocenters. The summed E-state index contributed by atoms with van der Waals surface area (Å²) in [5.74, 6) is 1.27. The molecule has 1 aliphatic heterocycles. The number of hydrogen-bond donors (Lipinski definition) is 3. The largest absolute Gasteiger partial charge is 0.386 e. The van der Waals surface area contributed by atoms with Crippen LogP contribution in [0.15, 0.2) is 0 Å². The molecular weight excluding hydrogens is 404 g/mol. The Morgan fingerprint density at radius 1 is 1.19 bits per heavy atom. The first-order valence-electron chi connectivity index (χ1n) is 12.7. The molecule has 1 unspecified atom stereocenters. The smallest absolute Gasteiger partial charge is 0.220 e. The topological polar surface area (TPSA) is 82.0 Å². The van der Waals surface area contributed by atoms with Crippen molar-refractivity contribution in [2.75, 3.05) is 13.6 Å². The monoisotopic (exact) mass is 456 g/mol. The standard InChI is InChI=1S/C26H52N2O4/c1-10-13-26(8,17-19(4)16-25(6,7)18(2)3)27-22(29)12-11-14-28(9)21-15-20(5)32-24(31)23(21)30/h18-21,23-24,30-31H,10-17H2,1-9H3,(H,27,29)/t19-,20-,21+,23-,24-,26?/m1/s1. The van der Waals surface area contributed by atoms with E-state index in [2.05, 4.69) is 53.8 Å². The van der Waals surface area contributed by atoms with Crippen molar-refractivity contribution < 1.29 is 19.7 Å². The molecule has 190 valence electrons. The molecule has 0 saturated carbocycles. The van der Waals surface area contributed by atoms with Gasteiger partial charge in [0.1, 0.15) is 6.10 Å². The zero-order valence-electron chi connectivity index (χ0n) is 22.3. The van der Waals surface area contributed by atoms with Crippen molar-refractivity contribution in [2.24, 2.45) is 17.3 Å². The maximum Gasteiger partial charge on any atom is 0.220 e. The number of nitrogens with one attached hydrogen (secondary N) is 1. The van der Waals surface area contributed by atoms with Crippen LogP contribution >= 0.6 is 0 Å². The molecule has 1 amide bonds. The van der Waals surface area contributed by atoms with Crippen LogP contribution in [0.3, 0.4) is 0 Å². The maximum absolute atomic E-state index is 12.8. The lowest BCUT2D eigenvalue weighted by Gasteiger charge is -2.40. The summed E-state index contributed by atoms with van der Waals surface area (Å²) in [5.41, 5.74) is 0.113. The lowest BCUT2D eigenvalue weighted by molar-refractivity contribution is -0.231. The molecule has 32 heavy (non-hydrogen) atoms. The third kappa shape index (κ3) is 9.28. The maximum atomic E-state index is 12.8. The van der Waals surface area contributed by atoms with Gasteiger partial charge in [-0.2, -0.15) is 0 Å². The second-order valence-electron chi connectivity index (χ2n) is 11.7. The van der Waals surface area contributed by atoms with Crippen LogP contribution in [-0.4, -0.2) is 64.7 Å². The highest BCUT2D eigenvalue weighted by atomic mass is 16.6. The average molecular weight is 457 g/mol. The van der Waals surface area contributed by atoms with E-state index in [0.717, 1.165) is 32.1 Å². The van der Waals surface area contributed by atoms with Gasteiger partial charge in [0.25, 0.3) is 0 Å². The predicted octanol–water partition coefficient (Wildman–Crippen LogP) is 4.33. The third-order valence-electron chi connectivity index (χ3n) is 7.59. The minimum atomic E-state index is -1.15. The minimum absolute atomic E-state index is 0.0958. The number of amides is 1. The zero-order valence-corrected chi connectivity index (χ0v) is 22.3. The Kier molecular flexibility index (Phi) is 11.6. The van der Waals surface area contributed by atoms with Gasteiger partial charge in [0, 0.05) is 18.0 Å². The number of aliphatic hydroxyl groups is 2. The fraction of sp³-hybridized carbons (Fsp3) is 0.962. The van der Waals surface area contributed by atoms with Crippen LogP contribution in [0.1, 0.15) is 100 Å². The molecule has 6 nitrogen and oxygen atoms in total. The summed E-state index contributed by atoms with van der Waals surface area (Å²) in [7, 11) is 1.94. The van der Waals surface area contributed by atoms with Crippen molar-refractivity contribution in [3.05, 3.63) is 0 Å². The number of carbonyl (C=O) groups excluding carboxylic acids is 1. The Hall–Kier alpha value is -0.690. The lowest BCUT2D eigenvalue weighted by Crippen LogP contribution is -2.54. The van der Waals surface area contributed by atoms with Crippen molar-refractivity contribution in [2.45, 2.75) is 130 Å². The quantitative estimate of drug-likeness (QED) is 0.384. The molecule has 0 radical (unpaired) electrons. The highest BCUT2D eigenvalue weighted by molar-refractivity contribution is 5.76. The molecule has 6 heteroatoms. The van der Waals surface area contributed by atoms with Gasteiger partial charge in [-0.3, -0.25) is 4.79 Å². The zero-order chi connectivity index (χ0) is 24.7. The molecule has 0 aromatic carbocycles. The molecule has 1 heterocycles. The summed E-state index contributed by atoms with van der Waals surface area (Å²) in [4.78, 5) is 14.8. The van der Waals surface area contributed by atoms with Crippen molar-refractivity contribution in [1.29, 1.82) is 0 Å². The lowest BCUT2D eigenvalue weighted by atomic mass is 9.72. The molecule has 3 N–H and O–H groups in total. The molecule has 0 aromatic heterocycles. The molecule has 0 spiro atoms. The summed E-state index contributed by atoms with van der Waals surface area (Å²) in [5, 5.41) is 23.5. The summed E-state index contributed by atoms with van der Waals surface area (Å²) in [6, 6.07) is -0.160. The van der Waals surface area contributed by atoms with Crippen molar-refractivity contribution in [1.82, 2.24) is 10.2 Å². The number of aliphatic hydroxyl groups excluding tert-OH is 2. The van der Waals surface area contributed by atoms with Crippen molar-refractivity contribution in [3.8, 4) is 0 Å². The fourth-order valence-electron chi connectivity index (χ4n) is 5.28. The summed E-state index contributed by atoms with van der Waals surface area (Å²) in [6.45, 7) is 18.5. The van der Waals surface area contributed by atoms with Crippen LogP contribution in [0.4, 0.5) is 0 Å². The van der Waals surface area contributed by atoms with Gasteiger partial charge in [0.05, 0.1) is 6.10 Å². The Morgan fingerprint density at radius 2 is 1.81 bits per heavy atom. The Balaban J connectivity index is 2.56. The summed E-state index contributed by atoms with van der Waals surface area (Å²) < 4.78 is 5.29. The number of carbonyl (C=O) groups is 1. The Morgan fingerprint density at radius 3 is 2.38 bits per heavy atom. The third-order valence-corrected chi connectivity index (χ3v) is 7.59. The van der Waals surface area contributed by atoms with Crippen LogP contribution in [0.25, 0.3) is 0 Å². The van der Waals surface area contributed by atoms with Gasteiger partial charge in [-0.1, -0.05) is 48.0 Å². The van der Waals surface area contributed by atoms with E-state index in [0.29, 0.717) is 36.6 Å². The molecule has 0 aliphatic carbocycles. The SMILES string of the molecule is CCCC(C)(C[C@H](C)CC(C)(C)C(C)C)NC(=O)CCCN(C)[C@H]1C[C@@H](C)O[C@@H](O)[C@@H]1O. The molecule has 0 aromatic rings. The molecular formula is C26H52N2O4. The first-order chi connectivity index (χ1) is 14.7. The number of likely N-dealkylation sites (N-methyl/N-ethyl adjacent to an activating group) is 1. The van der Waals surface area contributed by atoms with Crippen LogP contribution in [0.2, 0.25) is 0 Å². The minimum Gasteiger partial charge on any atom is -0.386 e. The normalized spacial score (nSPS) is 27.4. The summed E-state index contributed by atoms with van der Waals surface area (Å²) >= 11 is 0. The van der Waals surface area contributed by atoms with Gasteiger partial charge in [0.2, 0.25) is 5.91 Å². The van der Waals surface area contributed by atoms with Crippen LogP contribution in [0, 0.1) is 17.3 Å². The molecule has 1 fully saturated rings. The summed E-state index contributed by atoms with van der Waals surface area (Å²) in [6.07, 6.45) is 3.86. The first-order valence-corrected chi connectivity index (χ1v) is 12.7. The first kappa shape index (κ1) is 29.3. The highest BCUT2D eigenvalue weighted by Gasteiger charge is 2.37. The molecule has 1 rings (SSSR count). The van der Waals surface area contributed by atoms with Crippen molar-refractivity contribution >= 4 is 5.91 Å². The van der Waals surface area contributed by atoms with Gasteiger partial charge in [-0.15, -0.1) is 0 Å².